The molecule has 0 atom stereocenters. The van der Waals surface area contributed by atoms with Gasteiger partial charge in [-0.2, -0.15) is 0 Å². The number of benzene rings is 1. The Balaban J connectivity index is 2.15. The molecule has 0 aliphatic carbocycles. The van der Waals surface area contributed by atoms with E-state index in [2.05, 4.69) is 0 Å². The van der Waals surface area contributed by atoms with Crippen LogP contribution in [0.3, 0.4) is 0 Å². The summed E-state index contributed by atoms with van der Waals surface area (Å²) in [6.45, 7) is 0.229. The van der Waals surface area contributed by atoms with E-state index in [0.29, 0.717) is 16.9 Å². The lowest BCUT2D eigenvalue weighted by atomic mass is 10.1. The fraction of sp³-hybridized carbons (Fsp3) is 0.200. The molecular formula is C10H10N2O3S. The maximum Gasteiger partial charge on any atom is 0.285 e. The van der Waals surface area contributed by atoms with Gasteiger partial charge in [0.05, 0.1) is 17.7 Å². The molecule has 84 valence electrons. The van der Waals surface area contributed by atoms with Crippen molar-refractivity contribution in [3.63, 3.8) is 0 Å². The number of fused-ring (bicyclic) bond motifs is 1. The molecule has 2 amide bonds. The molecule has 1 heterocycles. The Morgan fingerprint density at radius 1 is 1.19 bits per heavy atom. The second-order valence-electron chi connectivity index (χ2n) is 3.15. The highest BCUT2D eigenvalue weighted by molar-refractivity contribution is 7.97. The van der Waals surface area contributed by atoms with Crippen molar-refractivity contribution in [1.82, 2.24) is 5.06 Å². The van der Waals surface area contributed by atoms with Crippen LogP contribution in [0.1, 0.15) is 20.7 Å². The van der Waals surface area contributed by atoms with E-state index in [1.165, 1.54) is 0 Å². The van der Waals surface area contributed by atoms with Crippen molar-refractivity contribution in [2.75, 3.05) is 12.4 Å². The minimum absolute atomic E-state index is 0.229. The Morgan fingerprint density at radius 2 is 1.75 bits per heavy atom. The van der Waals surface area contributed by atoms with Gasteiger partial charge in [0.25, 0.3) is 11.8 Å². The summed E-state index contributed by atoms with van der Waals surface area (Å²) in [6, 6.07) is 6.64. The largest absolute Gasteiger partial charge is 0.285 e. The Morgan fingerprint density at radius 3 is 2.25 bits per heavy atom. The van der Waals surface area contributed by atoms with Gasteiger partial charge in [0.15, 0.2) is 0 Å². The molecule has 0 saturated heterocycles. The second-order valence-corrected chi connectivity index (χ2v) is 3.90. The molecule has 0 saturated carbocycles. The molecule has 0 bridgehead atoms. The zero-order chi connectivity index (χ0) is 11.5. The lowest BCUT2D eigenvalue weighted by molar-refractivity contribution is -0.0852. The van der Waals surface area contributed by atoms with Gasteiger partial charge in [0.1, 0.15) is 0 Å². The molecule has 6 heteroatoms. The van der Waals surface area contributed by atoms with Gasteiger partial charge in [-0.25, -0.2) is 0 Å². The fourth-order valence-corrected chi connectivity index (χ4v) is 1.63. The highest BCUT2D eigenvalue weighted by Gasteiger charge is 2.36. The quantitative estimate of drug-likeness (QED) is 0.477. The van der Waals surface area contributed by atoms with E-state index >= 15 is 0 Å². The molecule has 2 N–H and O–H groups in total. The molecule has 1 aromatic carbocycles. The highest BCUT2D eigenvalue weighted by Crippen LogP contribution is 2.22. The summed E-state index contributed by atoms with van der Waals surface area (Å²) in [5.74, 6) is -0.307. The average molecular weight is 238 g/mol. The molecule has 1 aliphatic rings. The predicted molar refractivity (Wildman–Crippen MR) is 59.5 cm³/mol. The summed E-state index contributed by atoms with van der Waals surface area (Å²) in [6.07, 6.45) is 0. The molecule has 5 nitrogen and oxygen atoms in total. The Bertz CT molecular complexity index is 401. The number of hydroxylamine groups is 2. The fourth-order valence-electron chi connectivity index (χ4n) is 1.46. The van der Waals surface area contributed by atoms with Crippen molar-refractivity contribution in [1.29, 1.82) is 0 Å². The Kier molecular flexibility index (Phi) is 3.23. The smallest absolute Gasteiger partial charge is 0.278 e. The van der Waals surface area contributed by atoms with Gasteiger partial charge in [0.2, 0.25) is 0 Å². The number of rotatable bonds is 4. The normalized spacial score (nSPS) is 14.4. The van der Waals surface area contributed by atoms with Crippen LogP contribution in [0.25, 0.3) is 0 Å². The predicted octanol–water partition coefficient (Wildman–Crippen LogP) is 0.821. The highest BCUT2D eigenvalue weighted by atomic mass is 32.2. The van der Waals surface area contributed by atoms with Gasteiger partial charge < -0.3 is 0 Å². The van der Waals surface area contributed by atoms with E-state index in [9.17, 15) is 9.59 Å². The third kappa shape index (κ3) is 1.82. The van der Waals surface area contributed by atoms with Crippen LogP contribution in [-0.2, 0) is 4.84 Å². The molecule has 1 aromatic rings. The molecule has 2 rings (SSSR count). The first-order chi connectivity index (χ1) is 7.75. The number of carbonyl (C=O) groups is 2. The minimum atomic E-state index is -0.414. The zero-order valence-corrected chi connectivity index (χ0v) is 9.20. The Labute approximate surface area is 96.6 Å². The number of imide groups is 1. The van der Waals surface area contributed by atoms with E-state index < -0.39 is 11.8 Å². The molecule has 0 unspecified atom stereocenters. The summed E-state index contributed by atoms with van der Waals surface area (Å²) in [5.41, 5.74) is 0.765. The third-order valence-electron chi connectivity index (χ3n) is 2.18. The number of amides is 2. The number of carbonyl (C=O) groups excluding carboxylic acids is 2. The van der Waals surface area contributed by atoms with Crippen LogP contribution >= 0.6 is 11.9 Å². The van der Waals surface area contributed by atoms with Crippen molar-refractivity contribution in [2.45, 2.75) is 0 Å². The average Bonchev–Trinajstić information content (AvgIpc) is 2.55. The van der Waals surface area contributed by atoms with Gasteiger partial charge in [-0.05, 0) is 12.1 Å². The van der Waals surface area contributed by atoms with Crippen LogP contribution in [0, 0.1) is 0 Å². The summed E-state index contributed by atoms with van der Waals surface area (Å²) in [5, 5.41) is 6.01. The number of nitrogens with zero attached hydrogens (tertiary/aromatic N) is 1. The molecule has 1 aliphatic heterocycles. The molecule has 0 fully saturated rings. The van der Waals surface area contributed by atoms with Crippen LogP contribution < -0.4 is 5.14 Å². The third-order valence-corrected chi connectivity index (χ3v) is 2.58. The van der Waals surface area contributed by atoms with Gasteiger partial charge in [-0.1, -0.05) is 24.1 Å². The first-order valence-corrected chi connectivity index (χ1v) is 5.73. The van der Waals surface area contributed by atoms with E-state index in [0.717, 1.165) is 17.0 Å². The van der Waals surface area contributed by atoms with Crippen molar-refractivity contribution in [3.05, 3.63) is 35.4 Å². The lowest BCUT2D eigenvalue weighted by Gasteiger charge is -2.12. The van der Waals surface area contributed by atoms with E-state index in [1.807, 2.05) is 0 Å². The first-order valence-electron chi connectivity index (χ1n) is 4.68. The molecule has 0 aromatic heterocycles. The first kappa shape index (κ1) is 11.1. The topological polar surface area (TPSA) is 72.6 Å². The van der Waals surface area contributed by atoms with Gasteiger partial charge in [-0.3, -0.25) is 19.6 Å². The van der Waals surface area contributed by atoms with Crippen LogP contribution in [0.15, 0.2) is 24.3 Å². The van der Waals surface area contributed by atoms with Crippen LogP contribution in [-0.4, -0.2) is 29.2 Å². The molecular weight excluding hydrogens is 228 g/mol. The van der Waals surface area contributed by atoms with E-state index in [1.54, 1.807) is 24.3 Å². The van der Waals surface area contributed by atoms with Gasteiger partial charge >= 0.3 is 0 Å². The standard InChI is InChI=1S/C10H10N2O3S/c11-16-6-5-15-12-9(13)7-3-1-2-4-8(7)10(12)14/h1-4H,5-6,11H2. The van der Waals surface area contributed by atoms with Crippen LogP contribution in [0.4, 0.5) is 0 Å². The summed E-state index contributed by atoms with van der Waals surface area (Å²) < 4.78 is 0. The van der Waals surface area contributed by atoms with Crippen molar-refractivity contribution in [3.8, 4) is 0 Å². The lowest BCUT2D eigenvalue weighted by Crippen LogP contribution is -2.30. The zero-order valence-electron chi connectivity index (χ0n) is 8.38. The van der Waals surface area contributed by atoms with Crippen molar-refractivity contribution in [2.24, 2.45) is 5.14 Å². The number of nitrogens with two attached hydrogens (primary N) is 1. The number of hydrogen-bond acceptors (Lipinski definition) is 5. The number of hydrogen-bond donors (Lipinski definition) is 1. The van der Waals surface area contributed by atoms with Crippen LogP contribution in [0.5, 0.6) is 0 Å². The van der Waals surface area contributed by atoms with Crippen molar-refractivity contribution >= 4 is 23.8 Å². The molecule has 0 spiro atoms. The van der Waals surface area contributed by atoms with Gasteiger partial charge in [-0.15, -0.1) is 5.06 Å². The summed E-state index contributed by atoms with van der Waals surface area (Å²) >= 11 is 1.10. The molecule has 16 heavy (non-hydrogen) atoms. The van der Waals surface area contributed by atoms with Crippen LogP contribution in [0.2, 0.25) is 0 Å². The summed E-state index contributed by atoms with van der Waals surface area (Å²) in [4.78, 5) is 28.6. The van der Waals surface area contributed by atoms with Crippen molar-refractivity contribution < 1.29 is 14.4 Å². The Hall–Kier alpha value is -1.37. The monoisotopic (exact) mass is 238 g/mol. The minimum Gasteiger partial charge on any atom is -0.278 e. The maximum atomic E-state index is 11.7. The van der Waals surface area contributed by atoms with E-state index in [4.69, 9.17) is 9.98 Å². The van der Waals surface area contributed by atoms with E-state index in [-0.39, 0.29) is 6.61 Å². The summed E-state index contributed by atoms with van der Waals surface area (Å²) in [7, 11) is 0. The SMILES string of the molecule is NSCCON1C(=O)c2ccccc2C1=O. The maximum absolute atomic E-state index is 11.7. The molecule has 0 radical (unpaired) electrons. The van der Waals surface area contributed by atoms with Gasteiger partial charge in [0, 0.05) is 5.75 Å². The second kappa shape index (κ2) is 4.65.